The number of hydrogen-bond acceptors (Lipinski definition) is 6. The van der Waals surface area contributed by atoms with Crippen molar-refractivity contribution < 1.29 is 14.3 Å². The van der Waals surface area contributed by atoms with Crippen molar-refractivity contribution in [3.63, 3.8) is 0 Å². The summed E-state index contributed by atoms with van der Waals surface area (Å²) in [4.78, 5) is 32.1. The fraction of sp³-hybridized carbons (Fsp3) is 0.0870. The summed E-state index contributed by atoms with van der Waals surface area (Å²) in [6.45, 7) is 0. The summed E-state index contributed by atoms with van der Waals surface area (Å²) in [5.41, 5.74) is 1.31. The first-order valence-corrected chi connectivity index (χ1v) is 12.7. The number of nitrogens with zero attached hydrogens (tertiary/aromatic N) is 2. The second kappa shape index (κ2) is 6.98. The van der Waals surface area contributed by atoms with Crippen molar-refractivity contribution in [1.82, 2.24) is 4.98 Å². The number of carbonyl (C=O) groups is 2. The third kappa shape index (κ3) is 2.73. The molecular formula is C23H14N2O3STe. The topological polar surface area (TPSA) is 59.5 Å². The van der Waals surface area contributed by atoms with E-state index >= 15 is 0 Å². The molecule has 2 unspecified atom stereocenters. The maximum atomic E-state index is 12.7. The Balaban J connectivity index is 1.41. The van der Waals surface area contributed by atoms with Crippen LogP contribution in [-0.2, 0) is 9.59 Å². The summed E-state index contributed by atoms with van der Waals surface area (Å²) in [7, 11) is 0. The number of ketones is 2. The molecule has 7 heteroatoms. The van der Waals surface area contributed by atoms with Crippen LogP contribution in [0.1, 0.15) is 3.58 Å². The number of carbonyl (C=O) groups excluding carboxylic acids is 2. The molecule has 0 radical (unpaired) electrons. The number of hydrogen-bond donors (Lipinski definition) is 0. The number of Topliss-reactive ketones (excluding diaryl/α,β-unsaturated/α-hetero) is 2. The number of fused-ring (bicyclic) bond motifs is 3. The Labute approximate surface area is 186 Å². The van der Waals surface area contributed by atoms with Crippen molar-refractivity contribution in [2.75, 3.05) is 4.90 Å². The number of pyridine rings is 1. The Kier molecular flexibility index (Phi) is 4.24. The van der Waals surface area contributed by atoms with Gasteiger partial charge in [-0.3, -0.25) is 0 Å². The zero-order chi connectivity index (χ0) is 20.2. The summed E-state index contributed by atoms with van der Waals surface area (Å²) in [6.07, 6.45) is 5.44. The van der Waals surface area contributed by atoms with E-state index in [9.17, 15) is 9.59 Å². The molecule has 4 heterocycles. The van der Waals surface area contributed by atoms with Crippen LogP contribution < -0.4 is 9.64 Å². The Morgan fingerprint density at radius 2 is 1.90 bits per heavy atom. The van der Waals surface area contributed by atoms with Crippen LogP contribution in [0.2, 0.25) is 0 Å². The van der Waals surface area contributed by atoms with Crippen LogP contribution in [0.3, 0.4) is 0 Å². The molecule has 0 N–H and O–H groups in total. The molecule has 2 aromatic heterocycles. The van der Waals surface area contributed by atoms with E-state index in [0.717, 1.165) is 24.5 Å². The molecular weight excluding hydrogens is 512 g/mol. The summed E-state index contributed by atoms with van der Waals surface area (Å²) in [5, 5.41) is 1.60. The van der Waals surface area contributed by atoms with Crippen molar-refractivity contribution in [3.8, 4) is 11.5 Å². The molecule has 2 aliphatic heterocycles. The molecule has 1 saturated carbocycles. The SMILES string of the molecule is O=C1/C(=C\c2ccc(N3c4ccccc4Oc4cccnc43)[te]2)C(=O)C2SC=CC12. The number of aromatic nitrogens is 1. The number of thioether (sulfide) groups is 1. The van der Waals surface area contributed by atoms with E-state index in [1.54, 1.807) is 6.20 Å². The maximum absolute atomic E-state index is 12.7. The number of benzene rings is 1. The van der Waals surface area contributed by atoms with E-state index in [0.29, 0.717) is 11.3 Å². The van der Waals surface area contributed by atoms with E-state index in [4.69, 9.17) is 4.74 Å². The summed E-state index contributed by atoms with van der Waals surface area (Å²) in [5.74, 6) is 1.90. The number of ether oxygens (including phenoxy) is 1. The zero-order valence-electron chi connectivity index (χ0n) is 15.5. The Morgan fingerprint density at radius 1 is 1.03 bits per heavy atom. The third-order valence-electron chi connectivity index (χ3n) is 5.34. The average Bonchev–Trinajstić information content (AvgIpc) is 3.48. The monoisotopic (exact) mass is 528 g/mol. The van der Waals surface area contributed by atoms with Crippen LogP contribution in [0.15, 0.2) is 71.8 Å². The first-order valence-electron chi connectivity index (χ1n) is 9.45. The van der Waals surface area contributed by atoms with E-state index in [1.165, 1.54) is 11.8 Å². The molecule has 0 bridgehead atoms. The molecule has 6 rings (SSSR count). The van der Waals surface area contributed by atoms with Gasteiger partial charge in [0.15, 0.2) is 0 Å². The number of anilines is 3. The third-order valence-corrected chi connectivity index (χ3v) is 9.36. The van der Waals surface area contributed by atoms with E-state index in [2.05, 4.69) is 16.0 Å². The fourth-order valence-electron chi connectivity index (χ4n) is 3.94. The van der Waals surface area contributed by atoms with Gasteiger partial charge in [-0.25, -0.2) is 0 Å². The standard InChI is InChI=1S/C23H14N2O3STe/c26-20-14-9-11-29-22(14)21(27)15(20)12-13-7-8-19(30-13)25-16-4-1-2-5-17(16)28-18-6-3-10-24-23(18)25/h1-12,14,22H/b15-12+. The quantitative estimate of drug-likeness (QED) is 0.218. The minimum atomic E-state index is -0.810. The van der Waals surface area contributed by atoms with Gasteiger partial charge in [-0.2, -0.15) is 0 Å². The molecule has 30 heavy (non-hydrogen) atoms. The first kappa shape index (κ1) is 18.2. The second-order valence-electron chi connectivity index (χ2n) is 7.10. The molecule has 0 amide bonds. The van der Waals surface area contributed by atoms with Crippen molar-refractivity contribution in [2.45, 2.75) is 5.25 Å². The molecule has 0 saturated heterocycles. The van der Waals surface area contributed by atoms with Gasteiger partial charge in [-0.05, 0) is 0 Å². The van der Waals surface area contributed by atoms with Gasteiger partial charge in [0.1, 0.15) is 0 Å². The van der Waals surface area contributed by atoms with Crippen LogP contribution in [0, 0.1) is 5.92 Å². The minimum absolute atomic E-state index is 0.0365. The molecule has 3 aliphatic rings. The van der Waals surface area contributed by atoms with Crippen LogP contribution in [-0.4, -0.2) is 42.2 Å². The fourth-order valence-corrected chi connectivity index (χ4v) is 7.76. The van der Waals surface area contributed by atoms with Crippen LogP contribution in [0.4, 0.5) is 15.2 Å². The number of para-hydroxylation sites is 2. The molecule has 1 aromatic carbocycles. The van der Waals surface area contributed by atoms with E-state index in [1.807, 2.05) is 60.0 Å². The molecule has 3 aromatic rings. The molecule has 5 nitrogen and oxygen atoms in total. The van der Waals surface area contributed by atoms with Crippen LogP contribution in [0.25, 0.3) is 6.08 Å². The molecule has 146 valence electrons. The van der Waals surface area contributed by atoms with Gasteiger partial charge in [0, 0.05) is 0 Å². The Bertz CT molecular complexity index is 1230. The van der Waals surface area contributed by atoms with E-state index < -0.39 is 20.4 Å². The second-order valence-corrected chi connectivity index (χ2v) is 11.3. The molecule has 2 atom stereocenters. The van der Waals surface area contributed by atoms with Gasteiger partial charge in [-0.15, -0.1) is 0 Å². The van der Waals surface area contributed by atoms with Crippen molar-refractivity contribution in [2.24, 2.45) is 5.92 Å². The van der Waals surface area contributed by atoms with Gasteiger partial charge in [0.05, 0.1) is 0 Å². The van der Waals surface area contributed by atoms with Gasteiger partial charge in [0.2, 0.25) is 0 Å². The van der Waals surface area contributed by atoms with Gasteiger partial charge >= 0.3 is 187 Å². The number of rotatable bonds is 2. The van der Waals surface area contributed by atoms with Crippen molar-refractivity contribution >= 4 is 65.0 Å². The predicted octanol–water partition coefficient (Wildman–Crippen LogP) is 4.49. The average molecular weight is 526 g/mol. The predicted molar refractivity (Wildman–Crippen MR) is 118 cm³/mol. The van der Waals surface area contributed by atoms with Gasteiger partial charge in [0.25, 0.3) is 0 Å². The normalized spacial score (nSPS) is 22.8. The van der Waals surface area contributed by atoms with Crippen molar-refractivity contribution in [1.29, 1.82) is 0 Å². The van der Waals surface area contributed by atoms with Crippen LogP contribution >= 0.6 is 11.8 Å². The molecule has 1 aliphatic carbocycles. The van der Waals surface area contributed by atoms with Crippen LogP contribution in [0.5, 0.6) is 11.5 Å². The summed E-state index contributed by atoms with van der Waals surface area (Å²) < 4.78 is 8.25. The van der Waals surface area contributed by atoms with Gasteiger partial charge < -0.3 is 0 Å². The Hall–Kier alpha value is -2.59. The zero-order valence-corrected chi connectivity index (χ0v) is 18.7. The molecule has 0 spiro atoms. The van der Waals surface area contributed by atoms with E-state index in [-0.39, 0.29) is 22.7 Å². The molecule has 1 fully saturated rings. The summed E-state index contributed by atoms with van der Waals surface area (Å²) >= 11 is 0.640. The van der Waals surface area contributed by atoms with Crippen molar-refractivity contribution in [3.05, 3.63) is 75.4 Å². The first-order chi connectivity index (χ1) is 14.7. The Morgan fingerprint density at radius 3 is 2.80 bits per heavy atom. The summed E-state index contributed by atoms with van der Waals surface area (Å²) in [6, 6.07) is 15.8. The number of allylic oxidation sites excluding steroid dienone is 2. The van der Waals surface area contributed by atoms with Gasteiger partial charge in [-0.1, -0.05) is 0 Å².